The number of rotatable bonds is 5. The second-order valence-electron chi connectivity index (χ2n) is 1.73. The third kappa shape index (κ3) is 2.83. The van der Waals surface area contributed by atoms with Crippen molar-refractivity contribution in [2.45, 2.75) is 6.04 Å². The third-order valence-corrected chi connectivity index (χ3v) is 5.62. The molecule has 5 heteroatoms. The number of alkyl halides is 1. The first-order valence-electron chi connectivity index (χ1n) is 2.96. The first-order chi connectivity index (χ1) is 4.74. The van der Waals surface area contributed by atoms with Crippen molar-refractivity contribution in [2.75, 3.05) is 25.8 Å². The van der Waals surface area contributed by atoms with Crippen molar-refractivity contribution in [1.29, 1.82) is 0 Å². The molecule has 0 N–H and O–H groups in total. The highest BCUT2D eigenvalue weighted by molar-refractivity contribution is 14.1. The molecule has 0 aromatic carbocycles. The molecule has 3 nitrogen and oxygen atoms in total. The van der Waals surface area contributed by atoms with Gasteiger partial charge >= 0.3 is 8.80 Å². The number of hydrogen-bond acceptors (Lipinski definition) is 3. The van der Waals surface area contributed by atoms with Crippen LogP contribution in [-0.4, -0.2) is 34.6 Å². The minimum Gasteiger partial charge on any atom is -0.377 e. The second kappa shape index (κ2) is 5.47. The fraction of sp³-hybridized carbons (Fsp3) is 1.00. The van der Waals surface area contributed by atoms with E-state index in [1.54, 1.807) is 21.3 Å². The fourth-order valence-corrected chi connectivity index (χ4v) is 4.00. The highest BCUT2D eigenvalue weighted by atomic mass is 127. The summed E-state index contributed by atoms with van der Waals surface area (Å²) in [4.78, 5) is 0. The Morgan fingerprint density at radius 2 is 1.50 bits per heavy atom. The fourth-order valence-electron chi connectivity index (χ4n) is 0.672. The van der Waals surface area contributed by atoms with Crippen LogP contribution in [0.15, 0.2) is 0 Å². The van der Waals surface area contributed by atoms with Gasteiger partial charge in [0.25, 0.3) is 0 Å². The molecule has 0 saturated carbocycles. The van der Waals surface area contributed by atoms with Gasteiger partial charge in [-0.1, -0.05) is 22.6 Å². The van der Waals surface area contributed by atoms with E-state index < -0.39 is 8.80 Å². The number of halogens is 1. The zero-order valence-electron chi connectivity index (χ0n) is 6.52. The molecule has 10 heavy (non-hydrogen) atoms. The monoisotopic (exact) mass is 276 g/mol. The van der Waals surface area contributed by atoms with Gasteiger partial charge in [0.1, 0.15) is 0 Å². The van der Waals surface area contributed by atoms with E-state index in [9.17, 15) is 0 Å². The van der Waals surface area contributed by atoms with Gasteiger partial charge in [-0.3, -0.25) is 0 Å². The van der Waals surface area contributed by atoms with Gasteiger partial charge in [0, 0.05) is 31.8 Å². The normalized spacial score (nSPS) is 12.0. The first-order valence-corrected chi connectivity index (χ1v) is 6.42. The van der Waals surface area contributed by atoms with E-state index in [1.165, 1.54) is 0 Å². The molecule has 0 amide bonds. The SMILES string of the molecule is CO[Si](CCI)(OC)OC. The van der Waals surface area contributed by atoms with Gasteiger partial charge in [-0.15, -0.1) is 0 Å². The average Bonchev–Trinajstić information content (AvgIpc) is 2.01. The molecule has 0 aliphatic heterocycles. The van der Waals surface area contributed by atoms with E-state index in [-0.39, 0.29) is 0 Å². The van der Waals surface area contributed by atoms with Gasteiger partial charge < -0.3 is 13.3 Å². The highest BCUT2D eigenvalue weighted by Crippen LogP contribution is 2.13. The summed E-state index contributed by atoms with van der Waals surface area (Å²) in [5.41, 5.74) is 0. The molecule has 0 radical (unpaired) electrons. The van der Waals surface area contributed by atoms with Crippen molar-refractivity contribution in [3.63, 3.8) is 0 Å². The Hall–Kier alpha value is 0.827. The minimum absolute atomic E-state index is 0.872. The van der Waals surface area contributed by atoms with Crippen LogP contribution in [0.25, 0.3) is 0 Å². The van der Waals surface area contributed by atoms with Gasteiger partial charge in [-0.05, 0) is 0 Å². The van der Waals surface area contributed by atoms with Gasteiger partial charge in [-0.25, -0.2) is 0 Å². The van der Waals surface area contributed by atoms with Crippen LogP contribution in [0, 0.1) is 0 Å². The summed E-state index contributed by atoms with van der Waals surface area (Å²) in [6.07, 6.45) is 0. The summed E-state index contributed by atoms with van der Waals surface area (Å²) in [5.74, 6) is 0. The van der Waals surface area contributed by atoms with E-state index in [4.69, 9.17) is 13.3 Å². The zero-order chi connectivity index (χ0) is 8.04. The van der Waals surface area contributed by atoms with Crippen LogP contribution >= 0.6 is 22.6 Å². The lowest BCUT2D eigenvalue weighted by atomic mass is 11.0. The topological polar surface area (TPSA) is 27.7 Å². The van der Waals surface area contributed by atoms with Crippen molar-refractivity contribution in [3.05, 3.63) is 0 Å². The lowest BCUT2D eigenvalue weighted by Crippen LogP contribution is -2.42. The summed E-state index contributed by atoms with van der Waals surface area (Å²) < 4.78 is 16.5. The Kier molecular flexibility index (Phi) is 5.93. The van der Waals surface area contributed by atoms with Crippen LogP contribution in [0.4, 0.5) is 0 Å². The van der Waals surface area contributed by atoms with Crippen molar-refractivity contribution in [2.24, 2.45) is 0 Å². The van der Waals surface area contributed by atoms with E-state index >= 15 is 0 Å². The van der Waals surface area contributed by atoms with E-state index in [1.807, 2.05) is 0 Å². The lowest BCUT2D eigenvalue weighted by molar-refractivity contribution is 0.125. The maximum Gasteiger partial charge on any atom is 0.500 e. The Morgan fingerprint density at radius 3 is 1.60 bits per heavy atom. The molecular weight excluding hydrogens is 263 g/mol. The van der Waals surface area contributed by atoms with Gasteiger partial charge in [0.2, 0.25) is 0 Å². The average molecular weight is 276 g/mol. The smallest absolute Gasteiger partial charge is 0.377 e. The minimum atomic E-state index is -2.22. The molecule has 0 aromatic heterocycles. The predicted molar refractivity (Wildman–Crippen MR) is 50.5 cm³/mol. The molecule has 0 atom stereocenters. The maximum absolute atomic E-state index is 5.17. The molecule has 0 bridgehead atoms. The summed E-state index contributed by atoms with van der Waals surface area (Å²) in [6.45, 7) is 0. The van der Waals surface area contributed by atoms with Gasteiger partial charge in [-0.2, -0.15) is 0 Å². The van der Waals surface area contributed by atoms with E-state index in [2.05, 4.69) is 22.6 Å². The van der Waals surface area contributed by atoms with Crippen LogP contribution < -0.4 is 0 Å². The molecule has 0 fully saturated rings. The number of hydrogen-bond donors (Lipinski definition) is 0. The largest absolute Gasteiger partial charge is 0.500 e. The summed E-state index contributed by atoms with van der Waals surface area (Å²) in [7, 11) is 2.67. The van der Waals surface area contributed by atoms with Crippen molar-refractivity contribution >= 4 is 31.4 Å². The Balaban J connectivity index is 3.87. The first kappa shape index (κ1) is 10.8. The second-order valence-corrected chi connectivity index (χ2v) is 5.90. The Labute approximate surface area is 76.6 Å². The zero-order valence-corrected chi connectivity index (χ0v) is 9.67. The molecule has 0 saturated heterocycles. The van der Waals surface area contributed by atoms with Crippen LogP contribution in [0.2, 0.25) is 6.04 Å². The van der Waals surface area contributed by atoms with Crippen LogP contribution in [0.1, 0.15) is 0 Å². The molecule has 0 spiro atoms. The summed E-state index contributed by atoms with van der Waals surface area (Å²) in [6, 6.07) is 0.872. The predicted octanol–water partition coefficient (Wildman–Crippen LogP) is 1.30. The third-order valence-electron chi connectivity index (χ3n) is 1.33. The van der Waals surface area contributed by atoms with Gasteiger partial charge in [0.05, 0.1) is 0 Å². The quantitative estimate of drug-likeness (QED) is 0.430. The lowest BCUT2D eigenvalue weighted by Gasteiger charge is -2.23. The summed E-state index contributed by atoms with van der Waals surface area (Å²) >= 11 is 2.28. The van der Waals surface area contributed by atoms with Crippen molar-refractivity contribution < 1.29 is 13.3 Å². The van der Waals surface area contributed by atoms with Gasteiger partial charge in [0.15, 0.2) is 0 Å². The van der Waals surface area contributed by atoms with Crippen LogP contribution in [0.3, 0.4) is 0 Å². The summed E-state index contributed by atoms with van der Waals surface area (Å²) in [5, 5.41) is 0. The molecule has 62 valence electrons. The molecule has 0 heterocycles. The van der Waals surface area contributed by atoms with E-state index in [0.29, 0.717) is 0 Å². The van der Waals surface area contributed by atoms with Crippen LogP contribution in [-0.2, 0) is 13.3 Å². The molecule has 0 rings (SSSR count). The molecule has 0 aliphatic carbocycles. The van der Waals surface area contributed by atoms with E-state index in [0.717, 1.165) is 10.5 Å². The Morgan fingerprint density at radius 1 is 1.10 bits per heavy atom. The molecule has 0 aromatic rings. The Bertz CT molecular complexity index is 78.7. The highest BCUT2D eigenvalue weighted by Gasteiger charge is 2.36. The van der Waals surface area contributed by atoms with Crippen molar-refractivity contribution in [3.8, 4) is 0 Å². The van der Waals surface area contributed by atoms with Crippen molar-refractivity contribution in [1.82, 2.24) is 0 Å². The van der Waals surface area contributed by atoms with Crippen LogP contribution in [0.5, 0.6) is 0 Å². The molecule has 0 unspecified atom stereocenters. The molecule has 0 aliphatic rings. The standard InChI is InChI=1S/C5H13IO3Si/c1-7-10(8-2,9-3)5-4-6/h4-5H2,1-3H3. The molecular formula is C5H13IO3Si. The maximum atomic E-state index is 5.17.